The third-order valence-electron chi connectivity index (χ3n) is 5.06. The Bertz CT molecular complexity index is 367. The van der Waals surface area contributed by atoms with Crippen LogP contribution < -0.4 is 5.32 Å². The first-order chi connectivity index (χ1) is 9.43. The van der Waals surface area contributed by atoms with Gasteiger partial charge >= 0.3 is 0 Å². The van der Waals surface area contributed by atoms with Crippen LogP contribution in [0.2, 0.25) is 0 Å². The van der Waals surface area contributed by atoms with E-state index in [0.717, 1.165) is 11.8 Å². The number of rotatable bonds is 2. The van der Waals surface area contributed by atoms with Gasteiger partial charge in [0.15, 0.2) is 0 Å². The number of benzene rings is 1. The van der Waals surface area contributed by atoms with Crippen molar-refractivity contribution in [1.29, 1.82) is 0 Å². The maximum absolute atomic E-state index is 3.51. The van der Waals surface area contributed by atoms with E-state index in [9.17, 15) is 0 Å². The Labute approximate surface area is 117 Å². The van der Waals surface area contributed by atoms with Crippen molar-refractivity contribution in [2.45, 2.75) is 63.2 Å². The largest absolute Gasteiger partial charge is 0.317 e. The summed E-state index contributed by atoms with van der Waals surface area (Å²) in [5, 5.41) is 3.51. The zero-order chi connectivity index (χ0) is 12.9. The minimum atomic E-state index is 0.787. The van der Waals surface area contributed by atoms with Gasteiger partial charge in [-0.25, -0.2) is 0 Å². The highest BCUT2D eigenvalue weighted by Crippen LogP contribution is 2.34. The lowest BCUT2D eigenvalue weighted by Gasteiger charge is -2.23. The molecule has 1 saturated carbocycles. The van der Waals surface area contributed by atoms with Crippen molar-refractivity contribution in [1.82, 2.24) is 5.32 Å². The van der Waals surface area contributed by atoms with Crippen LogP contribution in [0.3, 0.4) is 0 Å². The zero-order valence-electron chi connectivity index (χ0n) is 12.0. The van der Waals surface area contributed by atoms with Gasteiger partial charge in [0.1, 0.15) is 0 Å². The van der Waals surface area contributed by atoms with Crippen LogP contribution >= 0.6 is 0 Å². The Balaban J connectivity index is 1.67. The molecule has 0 bridgehead atoms. The monoisotopic (exact) mass is 257 g/mol. The van der Waals surface area contributed by atoms with E-state index in [1.165, 1.54) is 64.5 Å². The minimum absolute atomic E-state index is 0.787. The fourth-order valence-electron chi connectivity index (χ4n) is 3.83. The van der Waals surface area contributed by atoms with Crippen LogP contribution in [0.15, 0.2) is 24.3 Å². The molecule has 1 aliphatic carbocycles. The summed E-state index contributed by atoms with van der Waals surface area (Å²) in [4.78, 5) is 0. The van der Waals surface area contributed by atoms with E-state index in [1.54, 1.807) is 11.1 Å². The molecule has 0 amide bonds. The van der Waals surface area contributed by atoms with Crippen molar-refractivity contribution in [3.63, 3.8) is 0 Å². The molecule has 1 aromatic carbocycles. The highest BCUT2D eigenvalue weighted by Gasteiger charge is 2.17. The first-order valence-corrected chi connectivity index (χ1v) is 8.24. The molecule has 1 N–H and O–H groups in total. The molecule has 0 aromatic heterocycles. The molecule has 0 radical (unpaired) electrons. The van der Waals surface area contributed by atoms with Crippen LogP contribution in [0.1, 0.15) is 74.3 Å². The van der Waals surface area contributed by atoms with Crippen LogP contribution in [0, 0.1) is 0 Å². The van der Waals surface area contributed by atoms with Gasteiger partial charge in [0, 0.05) is 0 Å². The van der Waals surface area contributed by atoms with Gasteiger partial charge in [0.2, 0.25) is 0 Å². The average molecular weight is 257 g/mol. The van der Waals surface area contributed by atoms with E-state index >= 15 is 0 Å². The van der Waals surface area contributed by atoms with Crippen molar-refractivity contribution in [2.75, 3.05) is 13.1 Å². The van der Waals surface area contributed by atoms with Crippen molar-refractivity contribution in [3.8, 4) is 0 Å². The third-order valence-corrected chi connectivity index (χ3v) is 5.06. The summed E-state index contributed by atoms with van der Waals surface area (Å²) < 4.78 is 0. The first-order valence-electron chi connectivity index (χ1n) is 8.24. The van der Waals surface area contributed by atoms with E-state index in [0.29, 0.717) is 0 Å². The summed E-state index contributed by atoms with van der Waals surface area (Å²) in [7, 11) is 0. The van der Waals surface area contributed by atoms with Crippen LogP contribution in [-0.4, -0.2) is 13.1 Å². The molecule has 1 heteroatoms. The van der Waals surface area contributed by atoms with Crippen LogP contribution in [0.5, 0.6) is 0 Å². The van der Waals surface area contributed by atoms with Gasteiger partial charge in [0.05, 0.1) is 0 Å². The SMILES string of the molecule is c1cc(C2CCCNCC2)ccc1C1CCCCC1. The van der Waals surface area contributed by atoms with Gasteiger partial charge in [-0.15, -0.1) is 0 Å². The second-order valence-electron chi connectivity index (χ2n) is 6.38. The smallest absolute Gasteiger partial charge is 0.00431 e. The average Bonchev–Trinajstić information content (AvgIpc) is 2.77. The summed E-state index contributed by atoms with van der Waals surface area (Å²) in [6.45, 7) is 2.39. The Kier molecular flexibility index (Phi) is 4.55. The highest BCUT2D eigenvalue weighted by molar-refractivity contribution is 5.28. The maximum Gasteiger partial charge on any atom is -0.00431 e. The van der Waals surface area contributed by atoms with E-state index < -0.39 is 0 Å². The fourth-order valence-corrected chi connectivity index (χ4v) is 3.83. The Morgan fingerprint density at radius 3 is 1.89 bits per heavy atom. The summed E-state index contributed by atoms with van der Waals surface area (Å²) in [5.41, 5.74) is 3.17. The summed E-state index contributed by atoms with van der Waals surface area (Å²) in [6.07, 6.45) is 11.1. The van der Waals surface area contributed by atoms with E-state index in [-0.39, 0.29) is 0 Å². The maximum atomic E-state index is 3.51. The molecular weight excluding hydrogens is 230 g/mol. The van der Waals surface area contributed by atoms with Crippen LogP contribution in [-0.2, 0) is 0 Å². The van der Waals surface area contributed by atoms with Crippen LogP contribution in [0.25, 0.3) is 0 Å². The molecule has 19 heavy (non-hydrogen) atoms. The van der Waals surface area contributed by atoms with Gasteiger partial charge in [0.25, 0.3) is 0 Å². The third kappa shape index (κ3) is 3.39. The Morgan fingerprint density at radius 1 is 0.632 bits per heavy atom. The summed E-state index contributed by atoms with van der Waals surface area (Å²) in [5.74, 6) is 1.63. The van der Waals surface area contributed by atoms with Gasteiger partial charge < -0.3 is 5.32 Å². The Hall–Kier alpha value is -0.820. The number of nitrogens with one attached hydrogen (secondary N) is 1. The molecule has 3 rings (SSSR count). The second kappa shape index (κ2) is 6.56. The Morgan fingerprint density at radius 2 is 1.21 bits per heavy atom. The van der Waals surface area contributed by atoms with Gasteiger partial charge in [-0.2, -0.15) is 0 Å². The summed E-state index contributed by atoms with van der Waals surface area (Å²) in [6, 6.07) is 9.67. The molecule has 2 fully saturated rings. The predicted octanol–water partition coefficient (Wildman–Crippen LogP) is 4.59. The molecule has 1 heterocycles. The van der Waals surface area contributed by atoms with Gasteiger partial charge in [-0.1, -0.05) is 43.5 Å². The quantitative estimate of drug-likeness (QED) is 0.817. The lowest BCUT2D eigenvalue weighted by Crippen LogP contribution is -2.13. The zero-order valence-corrected chi connectivity index (χ0v) is 12.0. The lowest BCUT2D eigenvalue weighted by atomic mass is 9.83. The molecule has 1 aromatic rings. The highest BCUT2D eigenvalue weighted by atomic mass is 14.8. The number of hydrogen-bond donors (Lipinski definition) is 1. The molecule has 1 saturated heterocycles. The van der Waals surface area contributed by atoms with Crippen molar-refractivity contribution in [3.05, 3.63) is 35.4 Å². The van der Waals surface area contributed by atoms with Crippen molar-refractivity contribution >= 4 is 0 Å². The molecule has 1 nitrogen and oxygen atoms in total. The predicted molar refractivity (Wildman–Crippen MR) is 81.7 cm³/mol. The molecule has 1 atom stereocenters. The standard InChI is InChI=1S/C18H27N/c1-2-5-15(6-3-1)17-8-10-18(11-9-17)16-7-4-13-19-14-12-16/h8-11,15-16,19H,1-7,12-14H2. The topological polar surface area (TPSA) is 12.0 Å². The van der Waals surface area contributed by atoms with E-state index in [2.05, 4.69) is 29.6 Å². The summed E-state index contributed by atoms with van der Waals surface area (Å²) >= 11 is 0. The number of hydrogen-bond acceptors (Lipinski definition) is 1. The second-order valence-corrected chi connectivity index (χ2v) is 6.38. The van der Waals surface area contributed by atoms with E-state index in [4.69, 9.17) is 0 Å². The molecule has 1 unspecified atom stereocenters. The fraction of sp³-hybridized carbons (Fsp3) is 0.667. The van der Waals surface area contributed by atoms with Crippen molar-refractivity contribution in [2.24, 2.45) is 0 Å². The normalized spacial score (nSPS) is 26.0. The molecule has 2 aliphatic rings. The van der Waals surface area contributed by atoms with E-state index in [1.807, 2.05) is 0 Å². The minimum Gasteiger partial charge on any atom is -0.317 e. The molecule has 1 aliphatic heterocycles. The van der Waals surface area contributed by atoms with Crippen molar-refractivity contribution < 1.29 is 0 Å². The first kappa shape index (κ1) is 13.2. The lowest BCUT2D eigenvalue weighted by molar-refractivity contribution is 0.443. The molecule has 0 spiro atoms. The molecular formula is C18H27N. The van der Waals surface area contributed by atoms with Gasteiger partial charge in [-0.05, 0) is 68.2 Å². The van der Waals surface area contributed by atoms with Gasteiger partial charge in [-0.3, -0.25) is 0 Å². The van der Waals surface area contributed by atoms with Crippen LogP contribution in [0.4, 0.5) is 0 Å². The molecule has 104 valence electrons.